The first-order chi connectivity index (χ1) is 13.2. The predicted molar refractivity (Wildman–Crippen MR) is 96.8 cm³/mol. The number of unbranched alkanes of at least 4 members (excludes halogenated alkanes) is 4. The third-order valence-electron chi connectivity index (χ3n) is 4.45. The highest BCUT2D eigenvalue weighted by Crippen LogP contribution is 2.25. The molecule has 2 aromatic rings. The number of benzene rings is 1. The zero-order chi connectivity index (χ0) is 21.0. The van der Waals surface area contributed by atoms with Crippen LogP contribution in [-0.2, 0) is 0 Å². The molecule has 154 valence electrons. The normalized spacial score (nSPS) is 12.1. The molecule has 4 nitrogen and oxygen atoms in total. The van der Waals surface area contributed by atoms with Gasteiger partial charge in [-0.1, -0.05) is 32.6 Å². The highest BCUT2D eigenvalue weighted by Gasteiger charge is 2.29. The highest BCUT2D eigenvalue weighted by molar-refractivity contribution is 5.99. The average molecular weight is 403 g/mol. The second-order valence-corrected chi connectivity index (χ2v) is 6.55. The number of hydrogen-bond donors (Lipinski definition) is 1. The van der Waals surface area contributed by atoms with Crippen molar-refractivity contribution in [2.45, 2.75) is 52.9 Å². The molecule has 0 amide bonds. The van der Waals surface area contributed by atoms with Crippen molar-refractivity contribution in [1.29, 1.82) is 0 Å². The van der Waals surface area contributed by atoms with Crippen molar-refractivity contribution in [3.63, 3.8) is 0 Å². The number of aromatic amines is 1. The van der Waals surface area contributed by atoms with E-state index in [4.69, 9.17) is 0 Å². The van der Waals surface area contributed by atoms with Crippen molar-refractivity contribution in [1.82, 2.24) is 9.78 Å². The second kappa shape index (κ2) is 9.16. The summed E-state index contributed by atoms with van der Waals surface area (Å²) >= 11 is 0. The van der Waals surface area contributed by atoms with E-state index >= 15 is 0 Å². The van der Waals surface area contributed by atoms with Gasteiger partial charge in [0, 0.05) is 18.0 Å². The summed E-state index contributed by atoms with van der Waals surface area (Å²) in [7, 11) is 0. The fraction of sp³-hybridized carbons (Fsp3) is 0.474. The molecule has 0 spiro atoms. The molecule has 0 saturated heterocycles. The van der Waals surface area contributed by atoms with E-state index in [2.05, 4.69) is 17.0 Å². The van der Waals surface area contributed by atoms with E-state index in [0.29, 0.717) is 16.9 Å². The van der Waals surface area contributed by atoms with E-state index in [1.165, 1.54) is 6.92 Å². The third kappa shape index (κ3) is 4.18. The lowest BCUT2D eigenvalue weighted by Gasteiger charge is -2.08. The molecule has 2 rings (SSSR count). The van der Waals surface area contributed by atoms with Crippen LogP contribution in [0.3, 0.4) is 0 Å². The van der Waals surface area contributed by atoms with Gasteiger partial charge in [0.2, 0.25) is 5.82 Å². The molecule has 0 saturated carbocycles. The number of hydrogen-bond acceptors (Lipinski definition) is 2. The minimum absolute atomic E-state index is 0.0394. The molecule has 0 radical (unpaired) electrons. The Morgan fingerprint density at radius 2 is 1.46 bits per heavy atom. The summed E-state index contributed by atoms with van der Waals surface area (Å²) < 4.78 is 68.5. The largest absolute Gasteiger partial charge is 0.294 e. The standard InChI is InChI=1S/C19H22F5N3O/c1-4-5-6-7-8-9-25-10(2)12-11(3)26-27(19(12)28)18-16(23)14(21)13(20)15(22)17(18)24/h26H,4-9H2,1-3H3. The van der Waals surface area contributed by atoms with E-state index in [1.807, 2.05) is 0 Å². The van der Waals surface area contributed by atoms with E-state index in [-0.39, 0.29) is 11.3 Å². The van der Waals surface area contributed by atoms with E-state index in [1.54, 1.807) is 6.92 Å². The Morgan fingerprint density at radius 1 is 0.929 bits per heavy atom. The molecule has 1 aromatic carbocycles. The molecule has 0 unspecified atom stereocenters. The van der Waals surface area contributed by atoms with Gasteiger partial charge in [0.05, 0.1) is 5.56 Å². The Balaban J connectivity index is 2.39. The molecule has 0 fully saturated rings. The molecule has 0 aliphatic rings. The lowest BCUT2D eigenvalue weighted by Crippen LogP contribution is -2.23. The summed E-state index contributed by atoms with van der Waals surface area (Å²) in [4.78, 5) is 16.9. The number of nitrogens with one attached hydrogen (secondary N) is 1. The van der Waals surface area contributed by atoms with Crippen LogP contribution in [0.15, 0.2) is 9.79 Å². The lowest BCUT2D eigenvalue weighted by molar-refractivity contribution is 0.373. The Morgan fingerprint density at radius 3 is 2.04 bits per heavy atom. The first kappa shape index (κ1) is 21.8. The number of rotatable bonds is 8. The van der Waals surface area contributed by atoms with Crippen LogP contribution in [-0.4, -0.2) is 22.0 Å². The summed E-state index contributed by atoms with van der Waals surface area (Å²) in [5.41, 5.74) is -1.70. The Hall–Kier alpha value is -2.45. The van der Waals surface area contributed by atoms with Gasteiger partial charge in [-0.2, -0.15) is 0 Å². The number of aryl methyl sites for hydroxylation is 1. The second-order valence-electron chi connectivity index (χ2n) is 6.55. The van der Waals surface area contributed by atoms with Crippen LogP contribution in [0, 0.1) is 36.0 Å². The van der Waals surface area contributed by atoms with Gasteiger partial charge in [0.25, 0.3) is 5.56 Å². The fourth-order valence-corrected chi connectivity index (χ4v) is 2.96. The van der Waals surface area contributed by atoms with E-state index in [9.17, 15) is 26.7 Å². The van der Waals surface area contributed by atoms with Gasteiger partial charge in [-0.3, -0.25) is 14.9 Å². The summed E-state index contributed by atoms with van der Waals surface area (Å²) in [6.45, 7) is 5.60. The van der Waals surface area contributed by atoms with Crippen LogP contribution in [0.4, 0.5) is 22.0 Å². The zero-order valence-electron chi connectivity index (χ0n) is 15.9. The average Bonchev–Trinajstić information content (AvgIpc) is 2.95. The van der Waals surface area contributed by atoms with Crippen LogP contribution >= 0.6 is 0 Å². The van der Waals surface area contributed by atoms with Crippen LogP contribution < -0.4 is 5.56 Å². The van der Waals surface area contributed by atoms with Gasteiger partial charge in [-0.25, -0.2) is 26.6 Å². The summed E-state index contributed by atoms with van der Waals surface area (Å²) in [6.07, 6.45) is 5.15. The summed E-state index contributed by atoms with van der Waals surface area (Å²) in [6, 6.07) is 0. The van der Waals surface area contributed by atoms with Gasteiger partial charge in [-0.15, -0.1) is 0 Å². The molecular formula is C19H22F5N3O. The maximum atomic E-state index is 14.0. The van der Waals surface area contributed by atoms with Crippen LogP contribution in [0.25, 0.3) is 5.69 Å². The number of halogens is 5. The van der Waals surface area contributed by atoms with Gasteiger partial charge in [0.1, 0.15) is 5.69 Å². The first-order valence-electron chi connectivity index (χ1n) is 9.07. The predicted octanol–water partition coefficient (Wildman–Crippen LogP) is 4.95. The van der Waals surface area contributed by atoms with Crippen molar-refractivity contribution in [3.05, 3.63) is 50.7 Å². The minimum atomic E-state index is -2.28. The van der Waals surface area contributed by atoms with Crippen LogP contribution in [0.5, 0.6) is 0 Å². The molecule has 28 heavy (non-hydrogen) atoms. The first-order valence-corrected chi connectivity index (χ1v) is 9.07. The number of aliphatic imine (C=N–C) groups is 1. The summed E-state index contributed by atoms with van der Waals surface area (Å²) in [5, 5.41) is 2.37. The highest BCUT2D eigenvalue weighted by atomic mass is 19.2. The zero-order valence-corrected chi connectivity index (χ0v) is 15.9. The maximum Gasteiger partial charge on any atom is 0.280 e. The van der Waals surface area contributed by atoms with Gasteiger partial charge in [-0.05, 0) is 20.3 Å². The molecule has 0 aliphatic carbocycles. The number of H-pyrrole nitrogens is 1. The Kier molecular flexibility index (Phi) is 7.15. The van der Waals surface area contributed by atoms with Gasteiger partial charge >= 0.3 is 0 Å². The van der Waals surface area contributed by atoms with Crippen LogP contribution in [0.2, 0.25) is 0 Å². The topological polar surface area (TPSA) is 50.1 Å². The molecule has 0 atom stereocenters. The van der Waals surface area contributed by atoms with Crippen molar-refractivity contribution in [3.8, 4) is 5.69 Å². The molecule has 9 heteroatoms. The van der Waals surface area contributed by atoms with Crippen molar-refractivity contribution < 1.29 is 22.0 Å². The number of nitrogens with zero attached hydrogens (tertiary/aromatic N) is 2. The van der Waals surface area contributed by atoms with Crippen LogP contribution in [0.1, 0.15) is 57.2 Å². The minimum Gasteiger partial charge on any atom is -0.294 e. The lowest BCUT2D eigenvalue weighted by atomic mass is 10.1. The smallest absolute Gasteiger partial charge is 0.280 e. The Labute approximate surface area is 159 Å². The summed E-state index contributed by atoms with van der Waals surface area (Å²) in [5.74, 6) is -10.7. The maximum absolute atomic E-state index is 14.0. The molecular weight excluding hydrogens is 381 g/mol. The molecule has 0 aliphatic heterocycles. The SMILES string of the molecule is CCCCCCCN=C(C)c1c(C)[nH]n(-c2c(F)c(F)c(F)c(F)c2F)c1=O. The molecule has 1 heterocycles. The molecule has 0 bridgehead atoms. The van der Waals surface area contributed by atoms with E-state index in [0.717, 1.165) is 32.1 Å². The van der Waals surface area contributed by atoms with Gasteiger partial charge < -0.3 is 0 Å². The van der Waals surface area contributed by atoms with Crippen molar-refractivity contribution in [2.75, 3.05) is 6.54 Å². The Bertz CT molecular complexity index is 917. The van der Waals surface area contributed by atoms with E-state index < -0.39 is 40.3 Å². The monoisotopic (exact) mass is 403 g/mol. The third-order valence-corrected chi connectivity index (χ3v) is 4.45. The van der Waals surface area contributed by atoms with Crippen molar-refractivity contribution >= 4 is 5.71 Å². The fourth-order valence-electron chi connectivity index (χ4n) is 2.96. The van der Waals surface area contributed by atoms with Crippen molar-refractivity contribution in [2.24, 2.45) is 4.99 Å². The number of aromatic nitrogens is 2. The molecule has 1 N–H and O–H groups in total. The quantitative estimate of drug-likeness (QED) is 0.219. The molecule has 1 aromatic heterocycles. The van der Waals surface area contributed by atoms with Gasteiger partial charge in [0.15, 0.2) is 23.3 Å².